The minimum Gasteiger partial charge on any atom is -0.465 e. The van der Waals surface area contributed by atoms with Crippen molar-refractivity contribution in [1.82, 2.24) is 0 Å². The van der Waals surface area contributed by atoms with Crippen molar-refractivity contribution < 1.29 is 100 Å². The minimum atomic E-state index is -0.700. The number of benzene rings is 3. The molecule has 3 aliphatic rings. The van der Waals surface area contributed by atoms with E-state index in [-0.39, 0.29) is 75.8 Å². The molecule has 0 spiro atoms. The van der Waals surface area contributed by atoms with Gasteiger partial charge in [0, 0.05) is 25.0 Å². The van der Waals surface area contributed by atoms with Gasteiger partial charge in [-0.3, -0.25) is 38.4 Å². The Hall–Kier alpha value is -8.78. The van der Waals surface area contributed by atoms with E-state index in [1.54, 1.807) is 69.3 Å². The highest BCUT2D eigenvalue weighted by atomic mass is 32.2. The Bertz CT molecular complexity index is 3210. The highest BCUT2D eigenvalue weighted by Crippen LogP contribution is 2.59. The monoisotopic (exact) mass is 1280 g/mol. The van der Waals surface area contributed by atoms with Gasteiger partial charge in [0.05, 0.1) is 89.8 Å². The van der Waals surface area contributed by atoms with Gasteiger partial charge in [0.15, 0.2) is 0 Å². The largest absolute Gasteiger partial charge is 0.465 e. The SMILES string of the molecule is C=CC(=O)OCC(C)OC(=O)CCC(=O)OCCc1ccc(OC(=O)[C@H]2CC[C@H](C(=O)Oc3ccc(OC(=O)[C@H]4CC[C@H](C(=O)Oc5ccc(CCOC(=O)CCC(=O)OC(C)COCC(C)OC(=O)C=C)cc5)CC4)c4c3SC(=C(C#N)C#N)S4)CC2)cc1. The summed E-state index contributed by atoms with van der Waals surface area (Å²) in [6, 6.07) is 20.2. The Kier molecular flexibility index (Phi) is 28.1. The van der Waals surface area contributed by atoms with Gasteiger partial charge in [0.1, 0.15) is 65.6 Å². The Labute approximate surface area is 529 Å². The molecule has 2 fully saturated rings. The lowest BCUT2D eigenvalue weighted by Crippen LogP contribution is -2.30. The fraction of sp³-hybridized carbons (Fsp3) is 0.446. The van der Waals surface area contributed by atoms with Crippen molar-refractivity contribution in [2.45, 2.75) is 139 Å². The molecule has 3 aromatic carbocycles. The second kappa shape index (κ2) is 36.0. The topological polar surface area (TPSA) is 320 Å². The minimum absolute atomic E-state index is 0.0468. The molecule has 3 aromatic rings. The summed E-state index contributed by atoms with van der Waals surface area (Å²) in [5.74, 6) is -6.73. The van der Waals surface area contributed by atoms with Crippen LogP contribution >= 0.6 is 23.5 Å². The molecule has 478 valence electrons. The molecule has 23 nitrogen and oxygen atoms in total. The van der Waals surface area contributed by atoms with Crippen molar-refractivity contribution in [2.24, 2.45) is 23.7 Å². The van der Waals surface area contributed by atoms with Gasteiger partial charge < -0.3 is 52.1 Å². The van der Waals surface area contributed by atoms with E-state index in [0.717, 1.165) is 46.8 Å². The zero-order chi connectivity index (χ0) is 65.1. The third kappa shape index (κ3) is 23.0. The van der Waals surface area contributed by atoms with Gasteiger partial charge in [-0.15, -0.1) is 0 Å². The summed E-state index contributed by atoms with van der Waals surface area (Å²) < 4.78 is 59.7. The smallest absolute Gasteiger partial charge is 0.330 e. The zero-order valence-electron chi connectivity index (χ0n) is 50.1. The summed E-state index contributed by atoms with van der Waals surface area (Å²) in [7, 11) is 0. The van der Waals surface area contributed by atoms with Crippen molar-refractivity contribution in [3.63, 3.8) is 0 Å². The van der Waals surface area contributed by atoms with Crippen LogP contribution in [0.5, 0.6) is 23.0 Å². The first-order valence-electron chi connectivity index (χ1n) is 29.3. The van der Waals surface area contributed by atoms with Gasteiger partial charge in [-0.2, -0.15) is 10.5 Å². The van der Waals surface area contributed by atoms with Crippen LogP contribution in [0.2, 0.25) is 0 Å². The predicted octanol–water partition coefficient (Wildman–Crippen LogP) is 9.24. The molecule has 0 bridgehead atoms. The van der Waals surface area contributed by atoms with Crippen molar-refractivity contribution in [1.29, 1.82) is 10.5 Å². The number of esters is 10. The zero-order valence-corrected chi connectivity index (χ0v) is 51.7. The summed E-state index contributed by atoms with van der Waals surface area (Å²) in [5, 5.41) is 19.4. The molecule has 2 saturated carbocycles. The van der Waals surface area contributed by atoms with Gasteiger partial charge in [-0.05, 0) is 120 Å². The van der Waals surface area contributed by atoms with Crippen LogP contribution in [0, 0.1) is 46.3 Å². The molecule has 1 heterocycles. The normalized spacial score (nSPS) is 17.5. The second-order valence-electron chi connectivity index (χ2n) is 21.2. The van der Waals surface area contributed by atoms with Crippen LogP contribution in [0.25, 0.3) is 0 Å². The lowest BCUT2D eigenvalue weighted by molar-refractivity contribution is -0.157. The van der Waals surface area contributed by atoms with Crippen molar-refractivity contribution in [3.05, 3.63) is 107 Å². The Morgan fingerprint density at radius 3 is 1.21 bits per heavy atom. The van der Waals surface area contributed by atoms with Crippen molar-refractivity contribution >= 4 is 83.2 Å². The quantitative estimate of drug-likeness (QED) is 0.0190. The maximum absolute atomic E-state index is 13.7. The molecule has 1 aliphatic heterocycles. The first-order valence-corrected chi connectivity index (χ1v) is 30.9. The summed E-state index contributed by atoms with van der Waals surface area (Å²) >= 11 is 2.09. The summed E-state index contributed by atoms with van der Waals surface area (Å²) in [6.45, 7) is 11.6. The first-order chi connectivity index (χ1) is 43.2. The predicted molar refractivity (Wildman–Crippen MR) is 319 cm³/mol. The highest BCUT2D eigenvalue weighted by molar-refractivity contribution is 8.24. The number of nitrogens with zero attached hydrogens (tertiary/aromatic N) is 2. The van der Waals surface area contributed by atoms with Crippen LogP contribution in [0.3, 0.4) is 0 Å². The summed E-state index contributed by atoms with van der Waals surface area (Å²) in [4.78, 5) is 126. The summed E-state index contributed by atoms with van der Waals surface area (Å²) in [5.41, 5.74) is 1.43. The molecule has 90 heavy (non-hydrogen) atoms. The van der Waals surface area contributed by atoms with E-state index in [1.165, 1.54) is 12.1 Å². The molecular formula is C65H70N2O21S2. The van der Waals surface area contributed by atoms with Crippen molar-refractivity contribution in [2.75, 3.05) is 33.0 Å². The Morgan fingerprint density at radius 1 is 0.478 bits per heavy atom. The van der Waals surface area contributed by atoms with E-state index < -0.39 is 102 Å². The number of carbonyl (C=O) groups excluding carboxylic acids is 10. The number of allylic oxidation sites excluding steroid dienone is 1. The molecule has 3 unspecified atom stereocenters. The number of hydrogen-bond donors (Lipinski definition) is 0. The molecule has 0 radical (unpaired) electrons. The number of fused-ring (bicyclic) bond motifs is 1. The third-order valence-corrected chi connectivity index (χ3v) is 16.8. The van der Waals surface area contributed by atoms with E-state index in [4.69, 9.17) is 52.1 Å². The average molecular weight is 1280 g/mol. The van der Waals surface area contributed by atoms with Gasteiger partial charge in [0.25, 0.3) is 0 Å². The van der Waals surface area contributed by atoms with Crippen LogP contribution in [0.1, 0.15) is 109 Å². The van der Waals surface area contributed by atoms with Gasteiger partial charge in [-0.25, -0.2) is 9.59 Å². The lowest BCUT2D eigenvalue weighted by Gasteiger charge is -2.26. The number of carbonyl (C=O) groups is 10. The second-order valence-corrected chi connectivity index (χ2v) is 23.5. The van der Waals surface area contributed by atoms with Crippen LogP contribution in [0.15, 0.2) is 106 Å². The highest BCUT2D eigenvalue weighted by Gasteiger charge is 2.37. The fourth-order valence-electron chi connectivity index (χ4n) is 9.36. The molecular weight excluding hydrogens is 1210 g/mol. The van der Waals surface area contributed by atoms with E-state index in [2.05, 4.69) is 13.2 Å². The summed E-state index contributed by atoms with van der Waals surface area (Å²) in [6.07, 6.45) is 2.97. The molecule has 6 rings (SSSR count). The molecule has 0 N–H and O–H groups in total. The van der Waals surface area contributed by atoms with Crippen LogP contribution in [0.4, 0.5) is 0 Å². The van der Waals surface area contributed by atoms with E-state index in [9.17, 15) is 58.5 Å². The van der Waals surface area contributed by atoms with Crippen LogP contribution in [-0.4, -0.2) is 111 Å². The molecule has 2 aliphatic carbocycles. The standard InChI is InChI=1S/C65H70N2O21S2/c1-6-53(68)81-38-41(5)84-58(73)29-27-56(71)80-33-31-43-10-22-50(23-11-43)86-62(75)45-14-18-47(19-15-45)64(77)88-52-25-24-51(59-60(52)90-65(89-59)48(34-66)35-67)87-63(76)46-16-12-44(13-17-46)61(74)85-49-20-8-42(9-21-49)30-32-79-55(70)26-28-57(72)83-40(4)37-78-36-39(3)82-54(69)7-2/h6-11,20-25,39-41,44-47H,1-2,12-19,26-33,36-38H2,3-5H3/t39?,40?,41?,44-,45-,46-,47-. The van der Waals surface area contributed by atoms with Crippen LogP contribution in [-0.2, 0) is 93.9 Å². The molecule has 25 heteroatoms. The number of nitriles is 2. The Balaban J connectivity index is 0.885. The maximum Gasteiger partial charge on any atom is 0.330 e. The van der Waals surface area contributed by atoms with Crippen LogP contribution < -0.4 is 18.9 Å². The molecule has 3 atom stereocenters. The molecule has 0 aromatic heterocycles. The lowest BCUT2D eigenvalue weighted by atomic mass is 9.82. The van der Waals surface area contributed by atoms with E-state index in [1.807, 2.05) is 12.1 Å². The number of rotatable bonds is 31. The van der Waals surface area contributed by atoms with Gasteiger partial charge in [-0.1, -0.05) is 60.9 Å². The molecule has 0 amide bonds. The number of thioether (sulfide) groups is 2. The third-order valence-electron chi connectivity index (χ3n) is 14.2. The fourth-order valence-corrected chi connectivity index (χ4v) is 11.8. The Morgan fingerprint density at radius 2 is 0.833 bits per heavy atom. The number of hydrogen-bond acceptors (Lipinski definition) is 25. The molecule has 0 saturated heterocycles. The van der Waals surface area contributed by atoms with E-state index >= 15 is 0 Å². The maximum atomic E-state index is 13.7. The van der Waals surface area contributed by atoms with E-state index in [0.29, 0.717) is 89.7 Å². The average Bonchev–Trinajstić information content (AvgIpc) is 1.73. The van der Waals surface area contributed by atoms with Gasteiger partial charge >= 0.3 is 59.7 Å². The first kappa shape index (κ1) is 70.3. The number of ether oxygens (including phenoxy) is 11. The van der Waals surface area contributed by atoms with Crippen molar-refractivity contribution in [3.8, 4) is 35.1 Å². The van der Waals surface area contributed by atoms with Gasteiger partial charge in [0.2, 0.25) is 0 Å².